The summed E-state index contributed by atoms with van der Waals surface area (Å²) in [5.74, 6) is 2.70. The maximum absolute atomic E-state index is 11.8. The minimum absolute atomic E-state index is 0.0602. The number of hydrogen-bond donors (Lipinski definition) is 0. The Morgan fingerprint density at radius 2 is 2.07 bits per heavy atom. The highest BCUT2D eigenvalue weighted by molar-refractivity contribution is 5.77. The van der Waals surface area contributed by atoms with Gasteiger partial charge in [-0.2, -0.15) is 0 Å². The number of esters is 1. The van der Waals surface area contributed by atoms with Crippen LogP contribution in [-0.4, -0.2) is 13.1 Å². The Balaban J connectivity index is 1.92. The van der Waals surface area contributed by atoms with E-state index in [0.717, 1.165) is 37.0 Å². The molecule has 0 N–H and O–H groups in total. The number of ether oxygens (including phenoxy) is 1. The van der Waals surface area contributed by atoms with Crippen LogP contribution in [0.5, 0.6) is 0 Å². The Morgan fingerprint density at radius 1 is 1.29 bits per heavy atom. The van der Waals surface area contributed by atoms with E-state index in [4.69, 9.17) is 4.74 Å². The van der Waals surface area contributed by atoms with Crippen LogP contribution >= 0.6 is 0 Å². The molecular weight excluding hydrogens is 176 g/mol. The first-order valence-electron chi connectivity index (χ1n) is 5.82. The monoisotopic (exact) mass is 194 g/mol. The zero-order valence-corrected chi connectivity index (χ0v) is 8.79. The number of rotatable bonds is 1. The third-order valence-electron chi connectivity index (χ3n) is 4.88. The molecule has 14 heavy (non-hydrogen) atoms. The molecule has 0 amide bonds. The van der Waals surface area contributed by atoms with Crippen LogP contribution < -0.4 is 0 Å². The number of methoxy groups -OCH3 is 1. The quantitative estimate of drug-likeness (QED) is 0.599. The summed E-state index contributed by atoms with van der Waals surface area (Å²) in [5.41, 5.74) is -0.0602. The predicted molar refractivity (Wildman–Crippen MR) is 52.6 cm³/mol. The van der Waals surface area contributed by atoms with Crippen LogP contribution in [0.2, 0.25) is 0 Å². The van der Waals surface area contributed by atoms with E-state index in [1.54, 1.807) is 7.11 Å². The van der Waals surface area contributed by atoms with Crippen molar-refractivity contribution >= 4 is 5.97 Å². The predicted octanol–water partition coefficient (Wildman–Crippen LogP) is 2.38. The van der Waals surface area contributed by atoms with Gasteiger partial charge < -0.3 is 4.74 Å². The molecule has 0 aromatic heterocycles. The Morgan fingerprint density at radius 3 is 2.86 bits per heavy atom. The van der Waals surface area contributed by atoms with Crippen LogP contribution in [0.15, 0.2) is 0 Å². The van der Waals surface area contributed by atoms with Crippen molar-refractivity contribution in [2.45, 2.75) is 38.5 Å². The molecule has 3 aliphatic rings. The number of carbonyl (C=O) groups excluding carboxylic acids is 1. The fraction of sp³-hybridized carbons (Fsp3) is 0.917. The standard InChI is InChI=1S/C12H18O2/c1-14-11(13)12-3-2-9-4-8(6-12)5-10(9)7-12/h8-10H,2-7H2,1H3. The number of hydrogen-bond acceptors (Lipinski definition) is 2. The van der Waals surface area contributed by atoms with E-state index in [-0.39, 0.29) is 11.4 Å². The van der Waals surface area contributed by atoms with Gasteiger partial charge in [-0.1, -0.05) is 0 Å². The van der Waals surface area contributed by atoms with Gasteiger partial charge in [0.2, 0.25) is 0 Å². The summed E-state index contributed by atoms with van der Waals surface area (Å²) < 4.78 is 4.99. The van der Waals surface area contributed by atoms with Gasteiger partial charge in [-0.25, -0.2) is 0 Å². The molecule has 0 aliphatic heterocycles. The van der Waals surface area contributed by atoms with Crippen molar-refractivity contribution in [3.05, 3.63) is 0 Å². The van der Waals surface area contributed by atoms with Crippen molar-refractivity contribution in [1.29, 1.82) is 0 Å². The molecule has 0 radical (unpaired) electrons. The lowest BCUT2D eigenvalue weighted by Gasteiger charge is -2.42. The molecule has 0 saturated heterocycles. The minimum atomic E-state index is -0.0602. The summed E-state index contributed by atoms with van der Waals surface area (Å²) in [7, 11) is 1.54. The molecule has 0 heterocycles. The molecule has 2 heteroatoms. The first-order chi connectivity index (χ1) is 6.73. The Labute approximate surface area is 85.0 Å². The highest BCUT2D eigenvalue weighted by atomic mass is 16.5. The fourth-order valence-corrected chi connectivity index (χ4v) is 4.40. The molecule has 3 fully saturated rings. The van der Waals surface area contributed by atoms with Gasteiger partial charge in [-0.05, 0) is 56.3 Å². The second kappa shape index (κ2) is 2.74. The minimum Gasteiger partial charge on any atom is -0.469 e. The lowest BCUT2D eigenvalue weighted by Crippen LogP contribution is -2.41. The molecule has 3 bridgehead atoms. The van der Waals surface area contributed by atoms with Crippen molar-refractivity contribution in [2.75, 3.05) is 7.11 Å². The van der Waals surface area contributed by atoms with Gasteiger partial charge >= 0.3 is 5.97 Å². The molecule has 0 spiro atoms. The van der Waals surface area contributed by atoms with Gasteiger partial charge in [0, 0.05) is 0 Å². The molecule has 4 atom stereocenters. The maximum atomic E-state index is 11.8. The average Bonchev–Trinajstić information content (AvgIpc) is 2.40. The second-order valence-electron chi connectivity index (χ2n) is 5.58. The molecule has 78 valence electrons. The first-order valence-corrected chi connectivity index (χ1v) is 5.82. The largest absolute Gasteiger partial charge is 0.469 e. The second-order valence-corrected chi connectivity index (χ2v) is 5.58. The van der Waals surface area contributed by atoms with E-state index in [1.807, 2.05) is 0 Å². The lowest BCUT2D eigenvalue weighted by molar-refractivity contribution is -0.159. The van der Waals surface area contributed by atoms with E-state index in [0.29, 0.717) is 0 Å². The van der Waals surface area contributed by atoms with Crippen molar-refractivity contribution in [3.63, 3.8) is 0 Å². The summed E-state index contributed by atoms with van der Waals surface area (Å²) in [6.45, 7) is 0. The number of fused-ring (bicyclic) bond motifs is 2. The fourth-order valence-electron chi connectivity index (χ4n) is 4.40. The maximum Gasteiger partial charge on any atom is 0.311 e. The zero-order chi connectivity index (χ0) is 9.76. The summed E-state index contributed by atoms with van der Waals surface area (Å²) in [6.07, 6.45) is 7.40. The molecule has 0 aromatic carbocycles. The zero-order valence-electron chi connectivity index (χ0n) is 8.79. The molecule has 3 aliphatic carbocycles. The Bertz CT molecular complexity index is 269. The summed E-state index contributed by atoms with van der Waals surface area (Å²) in [4.78, 5) is 11.8. The molecule has 3 rings (SSSR count). The molecule has 2 nitrogen and oxygen atoms in total. The van der Waals surface area contributed by atoms with Crippen molar-refractivity contribution in [2.24, 2.45) is 23.2 Å². The van der Waals surface area contributed by atoms with E-state index in [9.17, 15) is 4.79 Å². The summed E-state index contributed by atoms with van der Waals surface area (Å²) in [6, 6.07) is 0. The van der Waals surface area contributed by atoms with E-state index in [2.05, 4.69) is 0 Å². The summed E-state index contributed by atoms with van der Waals surface area (Å²) in [5, 5.41) is 0. The Hall–Kier alpha value is -0.530. The van der Waals surface area contributed by atoms with Crippen LogP contribution in [0.25, 0.3) is 0 Å². The van der Waals surface area contributed by atoms with Crippen molar-refractivity contribution in [1.82, 2.24) is 0 Å². The van der Waals surface area contributed by atoms with Crippen LogP contribution in [0.1, 0.15) is 38.5 Å². The van der Waals surface area contributed by atoms with Crippen LogP contribution in [0, 0.1) is 23.2 Å². The van der Waals surface area contributed by atoms with E-state index >= 15 is 0 Å². The van der Waals surface area contributed by atoms with Gasteiger partial charge in [-0.15, -0.1) is 0 Å². The van der Waals surface area contributed by atoms with Crippen molar-refractivity contribution in [3.8, 4) is 0 Å². The average molecular weight is 194 g/mol. The molecular formula is C12H18O2. The topological polar surface area (TPSA) is 26.3 Å². The third kappa shape index (κ3) is 0.999. The smallest absolute Gasteiger partial charge is 0.311 e. The molecule has 0 aromatic rings. The number of carbonyl (C=O) groups is 1. The lowest BCUT2D eigenvalue weighted by atomic mass is 9.62. The highest BCUT2D eigenvalue weighted by Gasteiger charge is 2.55. The molecule has 3 saturated carbocycles. The van der Waals surface area contributed by atoms with Gasteiger partial charge in [0.15, 0.2) is 0 Å². The first kappa shape index (κ1) is 8.75. The Kier molecular flexibility index (Phi) is 1.71. The van der Waals surface area contributed by atoms with Gasteiger partial charge in [0.1, 0.15) is 0 Å². The molecule has 4 unspecified atom stereocenters. The SMILES string of the molecule is COC(=O)C12CCC3CC(CC3C1)C2. The summed E-state index contributed by atoms with van der Waals surface area (Å²) >= 11 is 0. The van der Waals surface area contributed by atoms with Crippen LogP contribution in [-0.2, 0) is 9.53 Å². The van der Waals surface area contributed by atoms with Crippen molar-refractivity contribution < 1.29 is 9.53 Å². The van der Waals surface area contributed by atoms with Crippen LogP contribution in [0.3, 0.4) is 0 Å². The normalized spacial score (nSPS) is 49.4. The van der Waals surface area contributed by atoms with Gasteiger partial charge in [0.25, 0.3) is 0 Å². The van der Waals surface area contributed by atoms with Gasteiger partial charge in [0.05, 0.1) is 12.5 Å². The van der Waals surface area contributed by atoms with E-state index < -0.39 is 0 Å². The van der Waals surface area contributed by atoms with E-state index in [1.165, 1.54) is 19.3 Å². The van der Waals surface area contributed by atoms with Crippen LogP contribution in [0.4, 0.5) is 0 Å². The third-order valence-corrected chi connectivity index (χ3v) is 4.88. The van der Waals surface area contributed by atoms with Gasteiger partial charge in [-0.3, -0.25) is 4.79 Å². The highest BCUT2D eigenvalue weighted by Crippen LogP contribution is 2.60.